The highest BCUT2D eigenvalue weighted by molar-refractivity contribution is 6.33. The first-order valence-corrected chi connectivity index (χ1v) is 3.48. The average Bonchev–Trinajstić information content (AvgIpc) is 2.01. The molecule has 0 fully saturated rings. The molecule has 1 aromatic carbocycles. The fraction of sp³-hybridized carbons (Fsp3) is 0.125. The molecule has 2 nitrogen and oxygen atoms in total. The zero-order valence-electron chi connectivity index (χ0n) is 5.97. The number of hydrogen-bond acceptors (Lipinski definition) is 2. The standard InChI is InChI=1S/C8H7ClO2/c1-5-7(11)3-2-6(4-10)8(5)9/h2-4,11H,1H3. The van der Waals surface area contributed by atoms with Gasteiger partial charge in [0.15, 0.2) is 6.29 Å². The molecule has 0 heterocycles. The number of aldehydes is 1. The summed E-state index contributed by atoms with van der Waals surface area (Å²) in [5.74, 6) is 0.112. The van der Waals surface area contributed by atoms with Crippen molar-refractivity contribution in [1.29, 1.82) is 0 Å². The Balaban J connectivity index is 3.36. The number of rotatable bonds is 1. The zero-order valence-corrected chi connectivity index (χ0v) is 6.72. The Morgan fingerprint density at radius 2 is 2.18 bits per heavy atom. The third kappa shape index (κ3) is 1.35. The molecule has 1 rings (SSSR count). The van der Waals surface area contributed by atoms with Crippen LogP contribution in [0.15, 0.2) is 12.1 Å². The topological polar surface area (TPSA) is 37.3 Å². The minimum absolute atomic E-state index is 0.112. The molecule has 58 valence electrons. The molecule has 0 spiro atoms. The Morgan fingerprint density at radius 3 is 2.73 bits per heavy atom. The lowest BCUT2D eigenvalue weighted by molar-refractivity contribution is 0.112. The molecule has 0 amide bonds. The van der Waals surface area contributed by atoms with Crippen molar-refractivity contribution in [2.75, 3.05) is 0 Å². The van der Waals surface area contributed by atoms with Gasteiger partial charge < -0.3 is 5.11 Å². The molecule has 0 aliphatic heterocycles. The van der Waals surface area contributed by atoms with E-state index in [4.69, 9.17) is 16.7 Å². The van der Waals surface area contributed by atoms with Crippen LogP contribution in [0.2, 0.25) is 5.02 Å². The number of carbonyl (C=O) groups excluding carboxylic acids is 1. The molecule has 0 saturated heterocycles. The summed E-state index contributed by atoms with van der Waals surface area (Å²) < 4.78 is 0. The van der Waals surface area contributed by atoms with E-state index in [-0.39, 0.29) is 5.75 Å². The first-order valence-electron chi connectivity index (χ1n) is 3.10. The number of hydrogen-bond donors (Lipinski definition) is 1. The van der Waals surface area contributed by atoms with Crippen LogP contribution in [0.3, 0.4) is 0 Å². The van der Waals surface area contributed by atoms with Crippen molar-refractivity contribution in [3.63, 3.8) is 0 Å². The van der Waals surface area contributed by atoms with Gasteiger partial charge in [0.2, 0.25) is 0 Å². The number of halogens is 1. The monoisotopic (exact) mass is 170 g/mol. The molecule has 0 atom stereocenters. The van der Waals surface area contributed by atoms with E-state index in [9.17, 15) is 4.79 Å². The van der Waals surface area contributed by atoms with Gasteiger partial charge in [-0.05, 0) is 19.1 Å². The molecule has 3 heteroatoms. The Hall–Kier alpha value is -1.02. The van der Waals surface area contributed by atoms with E-state index in [0.717, 1.165) is 0 Å². The van der Waals surface area contributed by atoms with Crippen molar-refractivity contribution in [2.24, 2.45) is 0 Å². The highest BCUT2D eigenvalue weighted by atomic mass is 35.5. The highest BCUT2D eigenvalue weighted by Gasteiger charge is 2.05. The molecule has 0 saturated carbocycles. The second-order valence-electron chi connectivity index (χ2n) is 2.23. The summed E-state index contributed by atoms with van der Waals surface area (Å²) in [6, 6.07) is 2.93. The minimum Gasteiger partial charge on any atom is -0.508 e. The van der Waals surface area contributed by atoms with E-state index < -0.39 is 0 Å². The van der Waals surface area contributed by atoms with E-state index in [1.807, 2.05) is 0 Å². The first kappa shape index (κ1) is 8.08. The van der Waals surface area contributed by atoms with Crippen molar-refractivity contribution in [2.45, 2.75) is 6.92 Å². The number of carbonyl (C=O) groups is 1. The van der Waals surface area contributed by atoms with Crippen LogP contribution in [0.4, 0.5) is 0 Å². The van der Waals surface area contributed by atoms with Gasteiger partial charge in [0.25, 0.3) is 0 Å². The van der Waals surface area contributed by atoms with Gasteiger partial charge in [0.05, 0.1) is 5.02 Å². The van der Waals surface area contributed by atoms with Gasteiger partial charge in [-0.15, -0.1) is 0 Å². The summed E-state index contributed by atoms with van der Waals surface area (Å²) in [5, 5.41) is 9.44. The van der Waals surface area contributed by atoms with Gasteiger partial charge in [-0.1, -0.05) is 11.6 Å². The summed E-state index contributed by atoms with van der Waals surface area (Å²) in [7, 11) is 0. The Kier molecular flexibility index (Phi) is 2.15. The van der Waals surface area contributed by atoms with Gasteiger partial charge >= 0.3 is 0 Å². The van der Waals surface area contributed by atoms with E-state index in [1.54, 1.807) is 6.92 Å². The molecule has 0 aliphatic carbocycles. The van der Waals surface area contributed by atoms with Crippen LogP contribution in [-0.4, -0.2) is 11.4 Å². The largest absolute Gasteiger partial charge is 0.508 e. The van der Waals surface area contributed by atoms with E-state index in [0.29, 0.717) is 22.4 Å². The molecule has 0 unspecified atom stereocenters. The second-order valence-corrected chi connectivity index (χ2v) is 2.61. The van der Waals surface area contributed by atoms with E-state index in [1.165, 1.54) is 12.1 Å². The molecule has 0 aliphatic rings. The third-order valence-electron chi connectivity index (χ3n) is 1.51. The maximum absolute atomic E-state index is 10.3. The number of phenols is 1. The average molecular weight is 171 g/mol. The molecule has 0 aromatic heterocycles. The Morgan fingerprint density at radius 1 is 1.55 bits per heavy atom. The summed E-state index contributed by atoms with van der Waals surface area (Å²) in [4.78, 5) is 10.3. The predicted octanol–water partition coefficient (Wildman–Crippen LogP) is 2.17. The molecule has 0 bridgehead atoms. The quantitative estimate of drug-likeness (QED) is 0.656. The van der Waals surface area contributed by atoms with Crippen LogP contribution in [0, 0.1) is 6.92 Å². The zero-order chi connectivity index (χ0) is 8.43. The van der Waals surface area contributed by atoms with Crippen LogP contribution in [0.1, 0.15) is 15.9 Å². The molecular formula is C8H7ClO2. The van der Waals surface area contributed by atoms with Crippen molar-refractivity contribution >= 4 is 17.9 Å². The SMILES string of the molecule is Cc1c(O)ccc(C=O)c1Cl. The lowest BCUT2D eigenvalue weighted by atomic mass is 10.1. The van der Waals surface area contributed by atoms with Crippen LogP contribution in [0.25, 0.3) is 0 Å². The smallest absolute Gasteiger partial charge is 0.151 e. The van der Waals surface area contributed by atoms with Crippen LogP contribution < -0.4 is 0 Å². The van der Waals surface area contributed by atoms with Crippen LogP contribution in [-0.2, 0) is 0 Å². The first-order chi connectivity index (χ1) is 5.16. The fourth-order valence-electron chi connectivity index (χ4n) is 0.787. The van der Waals surface area contributed by atoms with Gasteiger partial charge in [0, 0.05) is 11.1 Å². The third-order valence-corrected chi connectivity index (χ3v) is 2.02. The Bertz CT molecular complexity index is 294. The minimum atomic E-state index is 0.112. The molecule has 0 radical (unpaired) electrons. The lowest BCUT2D eigenvalue weighted by Crippen LogP contribution is -1.85. The molecule has 1 N–H and O–H groups in total. The van der Waals surface area contributed by atoms with Crippen molar-refractivity contribution < 1.29 is 9.90 Å². The fourth-order valence-corrected chi connectivity index (χ4v) is 0.991. The second kappa shape index (κ2) is 2.93. The van der Waals surface area contributed by atoms with Gasteiger partial charge in [0.1, 0.15) is 5.75 Å². The maximum Gasteiger partial charge on any atom is 0.151 e. The molecule has 11 heavy (non-hydrogen) atoms. The van der Waals surface area contributed by atoms with E-state index >= 15 is 0 Å². The van der Waals surface area contributed by atoms with Gasteiger partial charge in [-0.25, -0.2) is 0 Å². The molecular weight excluding hydrogens is 164 g/mol. The highest BCUT2D eigenvalue weighted by Crippen LogP contribution is 2.26. The summed E-state index contributed by atoms with van der Waals surface area (Å²) in [6.45, 7) is 1.66. The summed E-state index contributed by atoms with van der Waals surface area (Å²) in [6.07, 6.45) is 0.661. The predicted molar refractivity (Wildman–Crippen MR) is 43.2 cm³/mol. The summed E-state index contributed by atoms with van der Waals surface area (Å²) in [5.41, 5.74) is 0.943. The Labute approximate surface area is 69.4 Å². The van der Waals surface area contributed by atoms with Crippen LogP contribution >= 0.6 is 11.6 Å². The number of phenolic OH excluding ortho intramolecular Hbond substituents is 1. The molecule has 1 aromatic rings. The van der Waals surface area contributed by atoms with Gasteiger partial charge in [-0.2, -0.15) is 0 Å². The number of aromatic hydroxyl groups is 1. The van der Waals surface area contributed by atoms with Crippen molar-refractivity contribution in [3.8, 4) is 5.75 Å². The van der Waals surface area contributed by atoms with Crippen molar-refractivity contribution in [3.05, 3.63) is 28.3 Å². The van der Waals surface area contributed by atoms with Gasteiger partial charge in [-0.3, -0.25) is 4.79 Å². The van der Waals surface area contributed by atoms with Crippen LogP contribution in [0.5, 0.6) is 5.75 Å². The van der Waals surface area contributed by atoms with Crippen molar-refractivity contribution in [1.82, 2.24) is 0 Å². The van der Waals surface area contributed by atoms with E-state index in [2.05, 4.69) is 0 Å². The maximum atomic E-state index is 10.3. The normalized spacial score (nSPS) is 9.64. The lowest BCUT2D eigenvalue weighted by Gasteiger charge is -2.01. The summed E-state index contributed by atoms with van der Waals surface area (Å²) >= 11 is 5.71. The number of benzene rings is 1.